The first-order chi connectivity index (χ1) is 9.19. The maximum absolute atomic E-state index is 12.3. The zero-order chi connectivity index (χ0) is 13.7. The van der Waals surface area contributed by atoms with Crippen LogP contribution < -0.4 is 10.6 Å². The Bertz CT molecular complexity index is 292. The minimum absolute atomic E-state index is 0.0550. The van der Waals surface area contributed by atoms with Gasteiger partial charge in [-0.15, -0.1) is 0 Å². The molecule has 0 aromatic heterocycles. The predicted octanol–water partition coefficient (Wildman–Crippen LogP) is 2.85. The number of piperidine rings is 1. The van der Waals surface area contributed by atoms with Crippen LogP contribution in [-0.2, 0) is 4.79 Å². The topological polar surface area (TPSA) is 41.1 Å². The lowest BCUT2D eigenvalue weighted by Gasteiger charge is -2.30. The van der Waals surface area contributed by atoms with Gasteiger partial charge in [0.2, 0.25) is 5.91 Å². The Balaban J connectivity index is 1.79. The predicted molar refractivity (Wildman–Crippen MR) is 79.0 cm³/mol. The van der Waals surface area contributed by atoms with Gasteiger partial charge < -0.3 is 10.6 Å². The van der Waals surface area contributed by atoms with E-state index < -0.39 is 0 Å². The number of nitrogens with one attached hydrogen (secondary N) is 2. The van der Waals surface area contributed by atoms with Gasteiger partial charge in [0, 0.05) is 6.04 Å². The van der Waals surface area contributed by atoms with Crippen LogP contribution >= 0.6 is 0 Å². The van der Waals surface area contributed by atoms with Crippen LogP contribution in [-0.4, -0.2) is 24.5 Å². The molecule has 19 heavy (non-hydrogen) atoms. The third-order valence-electron chi connectivity index (χ3n) is 5.01. The minimum Gasteiger partial charge on any atom is -0.352 e. The molecule has 0 spiro atoms. The van der Waals surface area contributed by atoms with Crippen molar-refractivity contribution in [2.24, 2.45) is 11.8 Å². The molecule has 110 valence electrons. The van der Waals surface area contributed by atoms with Crippen LogP contribution in [0.15, 0.2) is 0 Å². The van der Waals surface area contributed by atoms with Crippen molar-refractivity contribution in [3.63, 3.8) is 0 Å². The fourth-order valence-electron chi connectivity index (χ4n) is 3.50. The van der Waals surface area contributed by atoms with Crippen LogP contribution in [0.4, 0.5) is 0 Å². The lowest BCUT2D eigenvalue weighted by atomic mass is 9.90. The normalized spacial score (nSPS) is 36.5. The van der Waals surface area contributed by atoms with Gasteiger partial charge in [0.25, 0.3) is 0 Å². The highest BCUT2D eigenvalue weighted by atomic mass is 16.2. The average molecular weight is 266 g/mol. The van der Waals surface area contributed by atoms with Crippen LogP contribution in [0.3, 0.4) is 0 Å². The molecule has 1 aliphatic heterocycles. The lowest BCUT2D eigenvalue weighted by Crippen LogP contribution is -2.51. The molecule has 1 amide bonds. The van der Waals surface area contributed by atoms with Gasteiger partial charge in [-0.25, -0.2) is 0 Å². The smallest absolute Gasteiger partial charge is 0.237 e. The Hall–Kier alpha value is -0.570. The van der Waals surface area contributed by atoms with Gasteiger partial charge in [0.05, 0.1) is 6.04 Å². The quantitative estimate of drug-likeness (QED) is 0.771. The Morgan fingerprint density at radius 3 is 2.84 bits per heavy atom. The molecule has 2 rings (SSSR count). The maximum Gasteiger partial charge on any atom is 0.237 e. The second-order valence-electron chi connectivity index (χ2n) is 6.62. The second kappa shape index (κ2) is 7.28. The third-order valence-corrected chi connectivity index (χ3v) is 5.01. The molecular weight excluding hydrogens is 236 g/mol. The van der Waals surface area contributed by atoms with Gasteiger partial charge in [0.15, 0.2) is 0 Å². The van der Waals surface area contributed by atoms with Crippen LogP contribution in [0, 0.1) is 11.8 Å². The fourth-order valence-corrected chi connectivity index (χ4v) is 3.50. The highest BCUT2D eigenvalue weighted by Gasteiger charge is 2.27. The summed E-state index contributed by atoms with van der Waals surface area (Å²) in [6.45, 7) is 5.56. The van der Waals surface area contributed by atoms with Gasteiger partial charge >= 0.3 is 0 Å². The van der Waals surface area contributed by atoms with E-state index in [9.17, 15) is 4.79 Å². The van der Waals surface area contributed by atoms with E-state index in [1.54, 1.807) is 0 Å². The zero-order valence-electron chi connectivity index (χ0n) is 12.6. The molecule has 1 saturated carbocycles. The van der Waals surface area contributed by atoms with E-state index in [1.165, 1.54) is 38.5 Å². The van der Waals surface area contributed by atoms with E-state index in [0.717, 1.165) is 31.2 Å². The SMILES string of the molecule is CCC1CCNC(C(=O)NC2CCCC(C)CC2)C1. The van der Waals surface area contributed by atoms with Crippen molar-refractivity contribution in [2.75, 3.05) is 6.54 Å². The number of carbonyl (C=O) groups is 1. The Morgan fingerprint density at radius 2 is 2.05 bits per heavy atom. The molecule has 4 atom stereocenters. The Labute approximate surface area is 117 Å². The van der Waals surface area contributed by atoms with Gasteiger partial charge in [-0.3, -0.25) is 4.79 Å². The molecule has 0 aromatic carbocycles. The van der Waals surface area contributed by atoms with Crippen LogP contribution in [0.25, 0.3) is 0 Å². The highest BCUT2D eigenvalue weighted by Crippen LogP contribution is 2.23. The summed E-state index contributed by atoms with van der Waals surface area (Å²) >= 11 is 0. The molecule has 0 radical (unpaired) electrons. The zero-order valence-corrected chi connectivity index (χ0v) is 12.6. The first kappa shape index (κ1) is 14.8. The van der Waals surface area contributed by atoms with Gasteiger partial charge in [-0.05, 0) is 50.5 Å². The molecule has 3 nitrogen and oxygen atoms in total. The van der Waals surface area contributed by atoms with Gasteiger partial charge in [-0.1, -0.05) is 33.1 Å². The summed E-state index contributed by atoms with van der Waals surface area (Å²) in [7, 11) is 0. The van der Waals surface area contributed by atoms with Gasteiger partial charge in [-0.2, -0.15) is 0 Å². The van der Waals surface area contributed by atoms with Crippen molar-refractivity contribution in [1.29, 1.82) is 0 Å². The second-order valence-corrected chi connectivity index (χ2v) is 6.62. The van der Waals surface area contributed by atoms with E-state index in [4.69, 9.17) is 0 Å². The largest absolute Gasteiger partial charge is 0.352 e. The summed E-state index contributed by atoms with van der Waals surface area (Å²) in [5.74, 6) is 1.81. The third kappa shape index (κ3) is 4.48. The van der Waals surface area contributed by atoms with E-state index in [0.29, 0.717) is 6.04 Å². The monoisotopic (exact) mass is 266 g/mol. The molecule has 0 aromatic rings. The van der Waals surface area contributed by atoms with Crippen LogP contribution in [0.1, 0.15) is 65.2 Å². The summed E-state index contributed by atoms with van der Waals surface area (Å²) in [6.07, 6.45) is 9.63. The van der Waals surface area contributed by atoms with Crippen molar-refractivity contribution < 1.29 is 4.79 Å². The van der Waals surface area contributed by atoms with Gasteiger partial charge in [0.1, 0.15) is 0 Å². The summed E-state index contributed by atoms with van der Waals surface area (Å²) in [6, 6.07) is 0.473. The number of carbonyl (C=O) groups excluding carboxylic acids is 1. The van der Waals surface area contributed by atoms with E-state index in [-0.39, 0.29) is 11.9 Å². The molecule has 2 fully saturated rings. The molecule has 2 N–H and O–H groups in total. The summed E-state index contributed by atoms with van der Waals surface area (Å²) in [5.41, 5.74) is 0. The summed E-state index contributed by atoms with van der Waals surface area (Å²) in [4.78, 5) is 12.3. The molecule has 3 heteroatoms. The van der Waals surface area contributed by atoms with Crippen molar-refractivity contribution in [3.8, 4) is 0 Å². The number of hydrogen-bond donors (Lipinski definition) is 2. The molecule has 1 aliphatic carbocycles. The standard InChI is InChI=1S/C16H30N2O/c1-3-13-9-10-17-15(11-13)16(19)18-14-6-4-5-12(2)7-8-14/h12-15,17H,3-11H2,1-2H3,(H,18,19). The molecule has 2 aliphatic rings. The number of amides is 1. The summed E-state index contributed by atoms with van der Waals surface area (Å²) < 4.78 is 0. The highest BCUT2D eigenvalue weighted by molar-refractivity contribution is 5.82. The van der Waals surface area contributed by atoms with Crippen molar-refractivity contribution in [1.82, 2.24) is 10.6 Å². The summed E-state index contributed by atoms with van der Waals surface area (Å²) in [5, 5.41) is 6.68. The average Bonchev–Trinajstić information content (AvgIpc) is 2.64. The van der Waals surface area contributed by atoms with Crippen LogP contribution in [0.2, 0.25) is 0 Å². The van der Waals surface area contributed by atoms with Crippen molar-refractivity contribution in [2.45, 2.75) is 77.3 Å². The Kier molecular flexibility index (Phi) is 5.68. The first-order valence-corrected chi connectivity index (χ1v) is 8.22. The van der Waals surface area contributed by atoms with Crippen molar-refractivity contribution >= 4 is 5.91 Å². The number of rotatable bonds is 3. The van der Waals surface area contributed by atoms with E-state index in [2.05, 4.69) is 24.5 Å². The molecule has 0 bridgehead atoms. The molecule has 1 heterocycles. The Morgan fingerprint density at radius 1 is 1.21 bits per heavy atom. The first-order valence-electron chi connectivity index (χ1n) is 8.22. The molecular formula is C16H30N2O. The van der Waals surface area contributed by atoms with E-state index in [1.807, 2.05) is 0 Å². The molecule has 1 saturated heterocycles. The fraction of sp³-hybridized carbons (Fsp3) is 0.938. The molecule has 4 unspecified atom stereocenters. The van der Waals surface area contributed by atoms with E-state index >= 15 is 0 Å². The van der Waals surface area contributed by atoms with Crippen molar-refractivity contribution in [3.05, 3.63) is 0 Å². The lowest BCUT2D eigenvalue weighted by molar-refractivity contribution is -0.124. The maximum atomic E-state index is 12.3. The van der Waals surface area contributed by atoms with Crippen LogP contribution in [0.5, 0.6) is 0 Å². The number of hydrogen-bond acceptors (Lipinski definition) is 2. The minimum atomic E-state index is 0.0550.